The van der Waals surface area contributed by atoms with Gasteiger partial charge < -0.3 is 13.6 Å². The fourth-order valence-electron chi connectivity index (χ4n) is 8.54. The second-order valence-electron chi connectivity index (χ2n) is 14.8. The summed E-state index contributed by atoms with van der Waals surface area (Å²) in [6, 6.07) is 0. The van der Waals surface area contributed by atoms with E-state index in [0.29, 0.717) is 24.2 Å². The first-order chi connectivity index (χ1) is 16.9. The predicted molar refractivity (Wildman–Crippen MR) is 153 cm³/mol. The van der Waals surface area contributed by atoms with E-state index in [4.69, 9.17) is 13.6 Å². The zero-order valence-corrected chi connectivity index (χ0v) is 27.0. The molecule has 37 heavy (non-hydrogen) atoms. The highest BCUT2D eigenvalue weighted by molar-refractivity contribution is 6.70. The summed E-state index contributed by atoms with van der Waals surface area (Å²) >= 11 is 0. The van der Waals surface area contributed by atoms with E-state index in [1.807, 2.05) is 0 Å². The quantitative estimate of drug-likeness (QED) is 0.246. The topological polar surface area (TPSA) is 61.8 Å². The highest BCUT2D eigenvalue weighted by Gasteiger charge is 2.68. The van der Waals surface area contributed by atoms with Crippen LogP contribution in [0.3, 0.4) is 0 Å². The molecule has 0 amide bonds. The predicted octanol–water partition coefficient (Wildman–Crippen LogP) is 7.41. The molecular weight excluding hydrogens is 496 g/mol. The van der Waals surface area contributed by atoms with Gasteiger partial charge in [0.1, 0.15) is 0 Å². The van der Waals surface area contributed by atoms with E-state index in [1.54, 1.807) is 0 Å². The van der Waals surface area contributed by atoms with Crippen LogP contribution in [0.25, 0.3) is 0 Å². The standard InChI is InChI=1S/C30H50O5Si2/c1-20-17-23-24(28(3)14-11-22(18-26(20)28)35-37(8,9)10)12-15-29(4)25(23)13-16-30(29,34-21(2)31)27(32)19-33-36(5,6)7/h18,23-25H,11-17,19H2,1-10H3. The van der Waals surface area contributed by atoms with Gasteiger partial charge in [-0.15, -0.1) is 0 Å². The maximum absolute atomic E-state index is 13.9. The Balaban J connectivity index is 1.68. The van der Waals surface area contributed by atoms with E-state index in [-0.39, 0.29) is 29.2 Å². The third-order valence-corrected chi connectivity index (χ3v) is 11.9. The summed E-state index contributed by atoms with van der Waals surface area (Å²) in [5.74, 6) is 2.23. The van der Waals surface area contributed by atoms with Crippen LogP contribution in [-0.2, 0) is 23.2 Å². The SMILES string of the molecule is CC(=O)OC1(C(=O)CO[Si](C)(C)C)CCC2C3CC(C)=C4C=C(O[Si](C)(C)C)CCC4(C)C3CCC21C. The van der Waals surface area contributed by atoms with Crippen molar-refractivity contribution >= 4 is 28.4 Å². The summed E-state index contributed by atoms with van der Waals surface area (Å²) in [5.41, 5.74) is 1.68. The lowest BCUT2D eigenvalue weighted by molar-refractivity contribution is -0.188. The number of ketones is 1. The zero-order valence-electron chi connectivity index (χ0n) is 25.0. The van der Waals surface area contributed by atoms with Gasteiger partial charge in [0.25, 0.3) is 0 Å². The first-order valence-electron chi connectivity index (χ1n) is 14.4. The first-order valence-corrected chi connectivity index (χ1v) is 21.2. The van der Waals surface area contributed by atoms with Crippen molar-refractivity contribution < 1.29 is 23.2 Å². The number of hydrogen-bond donors (Lipinski definition) is 0. The fourth-order valence-corrected chi connectivity index (χ4v) is 10.0. The van der Waals surface area contributed by atoms with Gasteiger partial charge in [0.05, 0.1) is 12.4 Å². The second kappa shape index (κ2) is 9.48. The Morgan fingerprint density at radius 3 is 2.22 bits per heavy atom. The lowest BCUT2D eigenvalue weighted by Gasteiger charge is -2.59. The Morgan fingerprint density at radius 1 is 0.973 bits per heavy atom. The molecule has 5 nitrogen and oxygen atoms in total. The molecule has 4 aliphatic rings. The van der Waals surface area contributed by atoms with Gasteiger partial charge in [-0.2, -0.15) is 0 Å². The maximum atomic E-state index is 13.9. The van der Waals surface area contributed by atoms with Crippen LogP contribution in [0.4, 0.5) is 0 Å². The minimum absolute atomic E-state index is 0.0303. The van der Waals surface area contributed by atoms with Gasteiger partial charge in [-0.1, -0.05) is 19.4 Å². The number of esters is 1. The van der Waals surface area contributed by atoms with E-state index in [9.17, 15) is 9.59 Å². The summed E-state index contributed by atoms with van der Waals surface area (Å²) in [6.45, 7) is 21.6. The molecular formula is C30H50O5Si2. The van der Waals surface area contributed by atoms with Crippen molar-refractivity contribution in [3.8, 4) is 0 Å². The Bertz CT molecular complexity index is 1020. The van der Waals surface area contributed by atoms with Crippen molar-refractivity contribution in [2.75, 3.05) is 6.61 Å². The highest BCUT2D eigenvalue weighted by atomic mass is 28.4. The number of allylic oxidation sites excluding steroid dienone is 4. The fraction of sp³-hybridized carbons (Fsp3) is 0.800. The van der Waals surface area contributed by atoms with Crippen molar-refractivity contribution in [3.05, 3.63) is 23.0 Å². The molecule has 0 radical (unpaired) electrons. The molecule has 0 aromatic heterocycles. The second-order valence-corrected chi connectivity index (χ2v) is 23.7. The van der Waals surface area contributed by atoms with Crippen LogP contribution in [0.5, 0.6) is 0 Å². The molecule has 0 spiro atoms. The molecule has 6 atom stereocenters. The third kappa shape index (κ3) is 5.09. The molecule has 2 fully saturated rings. The van der Waals surface area contributed by atoms with Gasteiger partial charge in [-0.25, -0.2) is 0 Å². The van der Waals surface area contributed by atoms with Crippen LogP contribution >= 0.6 is 0 Å². The number of Topliss-reactive ketones (excluding diaryl/α,β-unsaturated/α-hetero) is 1. The van der Waals surface area contributed by atoms with Crippen LogP contribution < -0.4 is 0 Å². The van der Waals surface area contributed by atoms with Crippen molar-refractivity contribution in [1.29, 1.82) is 0 Å². The largest absolute Gasteiger partial charge is 0.547 e. The molecule has 6 unspecified atom stereocenters. The molecule has 0 saturated heterocycles. The Labute approximate surface area is 227 Å². The third-order valence-electron chi connectivity index (χ3n) is 10.0. The molecule has 0 aliphatic heterocycles. The first kappa shape index (κ1) is 28.8. The molecule has 0 heterocycles. The van der Waals surface area contributed by atoms with E-state index < -0.39 is 22.2 Å². The highest BCUT2D eigenvalue weighted by Crippen LogP contribution is 2.68. The van der Waals surface area contributed by atoms with Crippen LogP contribution in [0.1, 0.15) is 72.6 Å². The Kier molecular flexibility index (Phi) is 7.38. The van der Waals surface area contributed by atoms with Crippen LogP contribution in [-0.4, -0.2) is 40.6 Å². The van der Waals surface area contributed by atoms with Gasteiger partial charge >= 0.3 is 5.97 Å². The van der Waals surface area contributed by atoms with Crippen molar-refractivity contribution in [2.45, 2.75) is 118 Å². The van der Waals surface area contributed by atoms with Gasteiger partial charge in [-0.05, 0) is 120 Å². The molecule has 7 heteroatoms. The van der Waals surface area contributed by atoms with Gasteiger partial charge in [-0.3, -0.25) is 9.59 Å². The van der Waals surface area contributed by atoms with E-state index in [0.717, 1.165) is 38.5 Å². The summed E-state index contributed by atoms with van der Waals surface area (Å²) in [5, 5.41) is 0. The number of carbonyl (C=O) groups excluding carboxylic acids is 2. The summed E-state index contributed by atoms with van der Waals surface area (Å²) in [6.07, 6.45) is 9.10. The van der Waals surface area contributed by atoms with Crippen LogP contribution in [0.2, 0.25) is 39.3 Å². The molecule has 4 rings (SSSR count). The molecule has 0 bridgehead atoms. The molecule has 4 aliphatic carbocycles. The maximum Gasteiger partial charge on any atom is 0.303 e. The average Bonchev–Trinajstić information content (AvgIpc) is 3.04. The summed E-state index contributed by atoms with van der Waals surface area (Å²) in [7, 11) is -3.52. The minimum Gasteiger partial charge on any atom is -0.547 e. The lowest BCUT2D eigenvalue weighted by Crippen LogP contribution is -2.60. The lowest BCUT2D eigenvalue weighted by atomic mass is 9.46. The smallest absolute Gasteiger partial charge is 0.303 e. The monoisotopic (exact) mass is 546 g/mol. The van der Waals surface area contributed by atoms with Crippen molar-refractivity contribution in [3.63, 3.8) is 0 Å². The van der Waals surface area contributed by atoms with Crippen LogP contribution in [0.15, 0.2) is 23.0 Å². The average molecular weight is 547 g/mol. The van der Waals surface area contributed by atoms with Gasteiger partial charge in [0.15, 0.2) is 13.9 Å². The Morgan fingerprint density at radius 2 is 1.62 bits per heavy atom. The molecule has 0 aromatic rings. The minimum atomic E-state index is -1.88. The molecule has 2 saturated carbocycles. The van der Waals surface area contributed by atoms with E-state index in [2.05, 4.69) is 66.1 Å². The number of hydrogen-bond acceptors (Lipinski definition) is 5. The van der Waals surface area contributed by atoms with Crippen molar-refractivity contribution in [2.24, 2.45) is 28.6 Å². The number of carbonyl (C=O) groups is 2. The normalized spacial score (nSPS) is 37.8. The molecule has 0 aromatic carbocycles. The summed E-state index contributed by atoms with van der Waals surface area (Å²) in [4.78, 5) is 26.3. The number of fused-ring (bicyclic) bond motifs is 5. The Hall–Kier alpha value is -1.19. The van der Waals surface area contributed by atoms with Crippen molar-refractivity contribution in [1.82, 2.24) is 0 Å². The van der Waals surface area contributed by atoms with E-state index >= 15 is 0 Å². The number of rotatable bonds is 7. The van der Waals surface area contributed by atoms with Gasteiger partial charge in [0, 0.05) is 18.8 Å². The summed E-state index contributed by atoms with van der Waals surface area (Å²) < 4.78 is 18.6. The molecule has 208 valence electrons. The van der Waals surface area contributed by atoms with Gasteiger partial charge in [0.2, 0.25) is 14.1 Å². The van der Waals surface area contributed by atoms with Crippen LogP contribution in [0, 0.1) is 28.6 Å². The zero-order chi connectivity index (χ0) is 27.6. The van der Waals surface area contributed by atoms with E-state index in [1.165, 1.54) is 23.8 Å². The molecule has 0 N–H and O–H groups in total. The number of ether oxygens (including phenoxy) is 1.